The van der Waals surface area contributed by atoms with Crippen LogP contribution in [0.25, 0.3) is 11.5 Å². The van der Waals surface area contributed by atoms with Gasteiger partial charge in [0.2, 0.25) is 10.6 Å². The van der Waals surface area contributed by atoms with E-state index in [1.54, 1.807) is 31.4 Å². The lowest BCUT2D eigenvalue weighted by Crippen LogP contribution is -2.28. The van der Waals surface area contributed by atoms with Crippen molar-refractivity contribution in [3.63, 3.8) is 0 Å². The number of hydrogen-bond donors (Lipinski definition) is 2. The highest BCUT2D eigenvalue weighted by Gasteiger charge is 2.13. The quantitative estimate of drug-likeness (QED) is 0.644. The molecule has 0 spiro atoms. The number of nitrogens with zero attached hydrogens (tertiary/aromatic N) is 4. The lowest BCUT2D eigenvalue weighted by Gasteiger charge is -2.10. The highest BCUT2D eigenvalue weighted by molar-refractivity contribution is 7.71. The highest BCUT2D eigenvalue weighted by Crippen LogP contribution is 2.17. The van der Waals surface area contributed by atoms with Crippen LogP contribution in [0.5, 0.6) is 11.5 Å². The van der Waals surface area contributed by atoms with Crippen LogP contribution in [0, 0.1) is 4.77 Å². The fraction of sp³-hybridized carbons (Fsp3) is 0.133. The van der Waals surface area contributed by atoms with Crippen molar-refractivity contribution in [2.75, 3.05) is 19.1 Å². The number of benzene rings is 1. The fourth-order valence-electron chi connectivity index (χ4n) is 1.96. The molecule has 3 aromatic rings. The van der Waals surface area contributed by atoms with E-state index in [1.807, 2.05) is 0 Å². The van der Waals surface area contributed by atoms with Crippen molar-refractivity contribution < 1.29 is 14.3 Å². The second-order valence-electron chi connectivity index (χ2n) is 4.78. The maximum atomic E-state index is 12.1. The molecular formula is C15H14N6O3S. The third-order valence-electron chi connectivity index (χ3n) is 3.13. The summed E-state index contributed by atoms with van der Waals surface area (Å²) >= 11 is 5.12. The smallest absolute Gasteiger partial charge is 0.276 e. The Morgan fingerprint density at radius 3 is 2.72 bits per heavy atom. The van der Waals surface area contributed by atoms with Crippen LogP contribution in [-0.4, -0.2) is 44.5 Å². The molecule has 0 saturated carbocycles. The largest absolute Gasteiger partial charge is 0.497 e. The molecule has 3 rings (SSSR count). The minimum Gasteiger partial charge on any atom is -0.497 e. The van der Waals surface area contributed by atoms with Crippen molar-refractivity contribution in [1.29, 1.82) is 0 Å². The van der Waals surface area contributed by atoms with E-state index in [0.29, 0.717) is 23.0 Å². The van der Waals surface area contributed by atoms with E-state index in [9.17, 15) is 4.79 Å². The van der Waals surface area contributed by atoms with Crippen LogP contribution in [0.2, 0.25) is 0 Å². The first-order valence-electron chi connectivity index (χ1n) is 7.18. The fourth-order valence-corrected chi connectivity index (χ4v) is 2.14. The Hall–Kier alpha value is -3.27. The normalized spacial score (nSPS) is 10.3. The third kappa shape index (κ3) is 3.98. The Balaban J connectivity index is 1.67. The van der Waals surface area contributed by atoms with Crippen LogP contribution >= 0.6 is 12.2 Å². The molecule has 1 aromatic carbocycles. The SMILES string of the molecule is COc1ccc(OCC(=O)Nn2c(-c3cnccn3)n[nH]c2=S)cc1. The number of rotatable bonds is 6. The molecule has 25 heavy (non-hydrogen) atoms. The number of amides is 1. The summed E-state index contributed by atoms with van der Waals surface area (Å²) in [5, 5.41) is 6.66. The van der Waals surface area contributed by atoms with Crippen LogP contribution in [-0.2, 0) is 4.79 Å². The average molecular weight is 358 g/mol. The Bertz CT molecular complexity index is 907. The van der Waals surface area contributed by atoms with Gasteiger partial charge in [0.1, 0.15) is 17.2 Å². The Morgan fingerprint density at radius 2 is 2.04 bits per heavy atom. The molecule has 2 aromatic heterocycles. The average Bonchev–Trinajstić information content (AvgIpc) is 3.01. The summed E-state index contributed by atoms with van der Waals surface area (Å²) in [6.07, 6.45) is 4.57. The molecule has 2 heterocycles. The number of carbonyl (C=O) groups is 1. The van der Waals surface area contributed by atoms with Gasteiger partial charge in [-0.15, -0.1) is 0 Å². The molecule has 9 nitrogen and oxygen atoms in total. The summed E-state index contributed by atoms with van der Waals surface area (Å²) in [4.78, 5) is 20.2. The topological polar surface area (TPSA) is 107 Å². The second kappa shape index (κ2) is 7.53. The number of hydrogen-bond acceptors (Lipinski definition) is 7. The Morgan fingerprint density at radius 1 is 1.28 bits per heavy atom. The highest BCUT2D eigenvalue weighted by atomic mass is 32.1. The summed E-state index contributed by atoms with van der Waals surface area (Å²) in [6.45, 7) is -0.195. The molecule has 128 valence electrons. The van der Waals surface area contributed by atoms with Gasteiger partial charge < -0.3 is 9.47 Å². The molecule has 0 atom stereocenters. The van der Waals surface area contributed by atoms with E-state index in [0.717, 1.165) is 0 Å². The first-order chi connectivity index (χ1) is 12.2. The second-order valence-corrected chi connectivity index (χ2v) is 5.16. The Kier molecular flexibility index (Phi) is 5.00. The zero-order valence-electron chi connectivity index (χ0n) is 13.2. The number of methoxy groups -OCH3 is 1. The molecule has 2 N–H and O–H groups in total. The predicted molar refractivity (Wildman–Crippen MR) is 91.3 cm³/mol. The van der Waals surface area contributed by atoms with Gasteiger partial charge in [-0.1, -0.05) is 0 Å². The summed E-state index contributed by atoms with van der Waals surface area (Å²) in [5.41, 5.74) is 3.08. The zero-order valence-corrected chi connectivity index (χ0v) is 14.0. The third-order valence-corrected chi connectivity index (χ3v) is 3.40. The Labute approximate surface area is 147 Å². The number of H-pyrrole nitrogens is 1. The van der Waals surface area contributed by atoms with E-state index < -0.39 is 5.91 Å². The predicted octanol–water partition coefficient (Wildman–Crippen LogP) is 1.56. The molecule has 0 radical (unpaired) electrons. The van der Waals surface area contributed by atoms with Crippen LogP contribution in [0.4, 0.5) is 0 Å². The van der Waals surface area contributed by atoms with Crippen LogP contribution in [0.1, 0.15) is 0 Å². The first kappa shape index (κ1) is 16.6. The van der Waals surface area contributed by atoms with Crippen LogP contribution < -0.4 is 14.9 Å². The van der Waals surface area contributed by atoms with Gasteiger partial charge in [0.15, 0.2) is 6.61 Å². The van der Waals surface area contributed by atoms with Gasteiger partial charge in [0, 0.05) is 12.4 Å². The van der Waals surface area contributed by atoms with E-state index in [-0.39, 0.29) is 11.4 Å². The molecule has 0 aliphatic rings. The van der Waals surface area contributed by atoms with E-state index in [4.69, 9.17) is 21.7 Å². The van der Waals surface area contributed by atoms with E-state index in [1.165, 1.54) is 23.3 Å². The summed E-state index contributed by atoms with van der Waals surface area (Å²) < 4.78 is 12.0. The lowest BCUT2D eigenvalue weighted by atomic mass is 10.3. The molecule has 0 bridgehead atoms. The van der Waals surface area contributed by atoms with Crippen molar-refractivity contribution in [2.24, 2.45) is 0 Å². The van der Waals surface area contributed by atoms with Crippen molar-refractivity contribution in [1.82, 2.24) is 24.8 Å². The van der Waals surface area contributed by atoms with Gasteiger partial charge >= 0.3 is 0 Å². The standard InChI is InChI=1S/C15H14N6O3S/c1-23-10-2-4-11(5-3-10)24-9-13(22)20-21-14(18-19-15(21)25)12-8-16-6-7-17-12/h2-8H,9H2,1H3,(H,19,25)(H,20,22). The number of ether oxygens (including phenoxy) is 2. The summed E-state index contributed by atoms with van der Waals surface area (Å²) in [7, 11) is 1.58. The lowest BCUT2D eigenvalue weighted by molar-refractivity contribution is -0.119. The first-order valence-corrected chi connectivity index (χ1v) is 7.58. The van der Waals surface area contributed by atoms with Crippen molar-refractivity contribution in [2.45, 2.75) is 0 Å². The molecule has 0 aliphatic heterocycles. The zero-order chi connectivity index (χ0) is 17.6. The maximum absolute atomic E-state index is 12.1. The van der Waals surface area contributed by atoms with Gasteiger partial charge in [-0.2, -0.15) is 5.10 Å². The van der Waals surface area contributed by atoms with Gasteiger partial charge in [-0.3, -0.25) is 15.2 Å². The monoisotopic (exact) mass is 358 g/mol. The maximum Gasteiger partial charge on any atom is 0.276 e. The number of aromatic amines is 1. The van der Waals surface area contributed by atoms with Crippen molar-refractivity contribution in [3.8, 4) is 23.0 Å². The van der Waals surface area contributed by atoms with Gasteiger partial charge in [0.05, 0.1) is 13.3 Å². The van der Waals surface area contributed by atoms with Gasteiger partial charge in [-0.25, -0.2) is 14.8 Å². The molecule has 10 heteroatoms. The molecule has 1 amide bonds. The summed E-state index contributed by atoms with van der Waals surface area (Å²) in [6, 6.07) is 6.90. The molecular weight excluding hydrogens is 344 g/mol. The van der Waals surface area contributed by atoms with Crippen molar-refractivity contribution in [3.05, 3.63) is 47.6 Å². The van der Waals surface area contributed by atoms with Crippen LogP contribution in [0.3, 0.4) is 0 Å². The number of nitrogens with one attached hydrogen (secondary N) is 2. The summed E-state index contributed by atoms with van der Waals surface area (Å²) in [5.74, 6) is 1.19. The van der Waals surface area contributed by atoms with Gasteiger partial charge in [0.25, 0.3) is 5.91 Å². The van der Waals surface area contributed by atoms with E-state index in [2.05, 4.69) is 25.6 Å². The molecule has 0 saturated heterocycles. The van der Waals surface area contributed by atoms with E-state index >= 15 is 0 Å². The minimum absolute atomic E-state index is 0.195. The molecule has 0 aliphatic carbocycles. The minimum atomic E-state index is -0.404. The molecule has 0 fully saturated rings. The van der Waals surface area contributed by atoms with Crippen molar-refractivity contribution >= 4 is 18.1 Å². The van der Waals surface area contributed by atoms with Crippen LogP contribution in [0.15, 0.2) is 42.9 Å². The van der Waals surface area contributed by atoms with Gasteiger partial charge in [-0.05, 0) is 36.5 Å². The molecule has 0 unspecified atom stereocenters. The number of aromatic nitrogens is 5. The number of carbonyl (C=O) groups excluding carboxylic acids is 1.